The molecule has 200 valence electrons. The molecule has 1 saturated heterocycles. The summed E-state index contributed by atoms with van der Waals surface area (Å²) in [6.07, 6.45) is 11.4. The fourth-order valence-electron chi connectivity index (χ4n) is 5.39. The van der Waals surface area contributed by atoms with Gasteiger partial charge in [0.05, 0.1) is 11.4 Å². The molecule has 1 aliphatic heterocycles. The van der Waals surface area contributed by atoms with Gasteiger partial charge in [-0.3, -0.25) is 9.69 Å². The van der Waals surface area contributed by atoms with E-state index >= 15 is 0 Å². The van der Waals surface area contributed by atoms with Crippen LogP contribution in [0.15, 0.2) is 60.5 Å². The van der Waals surface area contributed by atoms with Crippen LogP contribution in [0, 0.1) is 18.2 Å². The molecule has 3 N–H and O–H groups in total. The topological polar surface area (TPSA) is 87.5 Å². The van der Waals surface area contributed by atoms with E-state index in [4.69, 9.17) is 10.5 Å². The number of piperazine rings is 1. The van der Waals surface area contributed by atoms with Crippen LogP contribution in [-0.4, -0.2) is 64.4 Å². The number of benzene rings is 1. The van der Waals surface area contributed by atoms with Gasteiger partial charge in [-0.25, -0.2) is 9.37 Å². The summed E-state index contributed by atoms with van der Waals surface area (Å²) in [6.45, 7) is 10.3. The van der Waals surface area contributed by atoms with Crippen molar-refractivity contribution in [1.29, 1.82) is 0 Å². The first-order valence-electron chi connectivity index (χ1n) is 13.2. The molecule has 1 unspecified atom stereocenters. The largest absolute Gasteiger partial charge is 0.453 e. The van der Waals surface area contributed by atoms with Gasteiger partial charge in [-0.05, 0) is 54.5 Å². The van der Waals surface area contributed by atoms with Crippen molar-refractivity contribution in [3.8, 4) is 11.5 Å². The number of H-pyrrole nitrogens is 1. The zero-order valence-corrected chi connectivity index (χ0v) is 22.3. The van der Waals surface area contributed by atoms with Crippen LogP contribution < -0.4 is 10.5 Å². The van der Waals surface area contributed by atoms with Gasteiger partial charge in [0.1, 0.15) is 11.4 Å². The van der Waals surface area contributed by atoms with Crippen LogP contribution in [0.3, 0.4) is 0 Å². The van der Waals surface area contributed by atoms with Crippen molar-refractivity contribution in [3.63, 3.8) is 0 Å². The number of aromatic amines is 1. The molecular weight excluding hydrogens is 481 g/mol. The van der Waals surface area contributed by atoms with Crippen LogP contribution in [-0.2, 0) is 11.2 Å². The number of nitrogens with one attached hydrogen (secondary N) is 1. The number of carbonyl (C=O) groups excluding carboxylic acids is 1. The van der Waals surface area contributed by atoms with Crippen LogP contribution in [0.1, 0.15) is 31.4 Å². The van der Waals surface area contributed by atoms with Crippen molar-refractivity contribution in [2.45, 2.75) is 39.7 Å². The minimum atomic E-state index is -0.720. The highest BCUT2D eigenvalue weighted by molar-refractivity contribution is 5.86. The second-order valence-corrected chi connectivity index (χ2v) is 11.1. The van der Waals surface area contributed by atoms with Gasteiger partial charge in [0.25, 0.3) is 0 Å². The number of hydrogen-bond donors (Lipinski definition) is 2. The number of nitrogens with two attached hydrogens (primary N) is 1. The van der Waals surface area contributed by atoms with Crippen LogP contribution in [0.4, 0.5) is 4.39 Å². The second kappa shape index (κ2) is 10.7. The van der Waals surface area contributed by atoms with Crippen molar-refractivity contribution in [3.05, 3.63) is 77.4 Å². The normalized spacial score (nSPS) is 18.4. The van der Waals surface area contributed by atoms with E-state index in [0.717, 1.165) is 37.0 Å². The third-order valence-corrected chi connectivity index (χ3v) is 7.39. The fraction of sp³-hybridized carbons (Fsp3) is 0.400. The Kier molecular flexibility index (Phi) is 7.36. The number of rotatable bonds is 7. The highest BCUT2D eigenvalue weighted by Gasteiger charge is 2.27. The lowest BCUT2D eigenvalue weighted by atomic mass is 9.82. The minimum absolute atomic E-state index is 0.0894. The molecule has 3 heterocycles. The number of fused-ring (bicyclic) bond motifs is 1. The summed E-state index contributed by atoms with van der Waals surface area (Å²) in [5.74, 6) is 0.0635. The molecule has 1 aromatic carbocycles. The number of aromatic nitrogens is 2. The maximum Gasteiger partial charge on any atom is 0.239 e. The summed E-state index contributed by atoms with van der Waals surface area (Å²) < 4.78 is 20.8. The van der Waals surface area contributed by atoms with Gasteiger partial charge >= 0.3 is 0 Å². The molecule has 7 nitrogen and oxygen atoms in total. The molecule has 5 rings (SSSR count). The summed E-state index contributed by atoms with van der Waals surface area (Å²) in [7, 11) is 0. The predicted molar refractivity (Wildman–Crippen MR) is 148 cm³/mol. The zero-order chi connectivity index (χ0) is 26.9. The molecule has 1 atom stereocenters. The second-order valence-electron chi connectivity index (χ2n) is 11.1. The number of carbonyl (C=O) groups is 1. The van der Waals surface area contributed by atoms with E-state index in [1.165, 1.54) is 11.6 Å². The zero-order valence-electron chi connectivity index (χ0n) is 22.3. The van der Waals surface area contributed by atoms with Crippen LogP contribution >= 0.6 is 0 Å². The number of nitrogens with zero attached hydrogens (tertiary/aromatic N) is 3. The standard InChI is InChI=1S/C30H36FN5O2/c1-20-18-34-28-27(20)26(8-10-33-28)38-25-7-6-21(15-23(25)31)16-24(32)29(37)36-13-11-35(12-14-36)19-22-5-4-9-30(2,3)17-22/h4-10,15,18,24H,11-14,16-17,19,32H2,1-3H3,(H,33,34). The Morgan fingerprint density at radius 3 is 2.74 bits per heavy atom. The first-order chi connectivity index (χ1) is 18.2. The third-order valence-electron chi connectivity index (χ3n) is 7.39. The Labute approximate surface area is 223 Å². The summed E-state index contributed by atoms with van der Waals surface area (Å²) in [5.41, 5.74) is 10.2. The Bertz CT molecular complexity index is 1380. The minimum Gasteiger partial charge on any atom is -0.453 e. The van der Waals surface area contributed by atoms with Gasteiger partial charge in [0, 0.05) is 45.1 Å². The molecular formula is C30H36FN5O2. The predicted octanol–water partition coefficient (Wildman–Crippen LogP) is 4.73. The number of pyridine rings is 1. The van der Waals surface area contributed by atoms with E-state index in [2.05, 4.69) is 46.9 Å². The van der Waals surface area contributed by atoms with Gasteiger partial charge in [-0.1, -0.05) is 43.7 Å². The number of allylic oxidation sites excluding steroid dienone is 3. The van der Waals surface area contributed by atoms with Gasteiger partial charge in [-0.15, -0.1) is 0 Å². The Morgan fingerprint density at radius 1 is 1.21 bits per heavy atom. The summed E-state index contributed by atoms with van der Waals surface area (Å²) in [6, 6.07) is 5.75. The molecule has 38 heavy (non-hydrogen) atoms. The molecule has 0 radical (unpaired) electrons. The number of aryl methyl sites for hydroxylation is 1. The molecule has 0 spiro atoms. The monoisotopic (exact) mass is 517 g/mol. The molecule has 8 heteroatoms. The SMILES string of the molecule is Cc1c[nH]c2nccc(Oc3ccc(CC(N)C(=O)N4CCN(CC5=CC=CC(C)(C)C5)CC4)cc3F)c12. The Morgan fingerprint density at radius 2 is 2.00 bits per heavy atom. The maximum atomic E-state index is 15.0. The highest BCUT2D eigenvalue weighted by atomic mass is 19.1. The number of amides is 1. The smallest absolute Gasteiger partial charge is 0.239 e. The molecule has 2 aliphatic rings. The van der Waals surface area contributed by atoms with E-state index in [0.29, 0.717) is 30.0 Å². The summed E-state index contributed by atoms with van der Waals surface area (Å²) >= 11 is 0. The van der Waals surface area contributed by atoms with Crippen LogP contribution in [0.25, 0.3) is 11.0 Å². The first-order valence-corrected chi connectivity index (χ1v) is 13.2. The average Bonchev–Trinajstić information content (AvgIpc) is 3.26. The fourth-order valence-corrected chi connectivity index (χ4v) is 5.39. The van der Waals surface area contributed by atoms with Crippen molar-refractivity contribution in [1.82, 2.24) is 19.8 Å². The maximum absolute atomic E-state index is 15.0. The van der Waals surface area contributed by atoms with Crippen LogP contribution in [0.5, 0.6) is 11.5 Å². The van der Waals surface area contributed by atoms with Gasteiger partial charge in [-0.2, -0.15) is 0 Å². The molecule has 3 aromatic rings. The van der Waals surface area contributed by atoms with Crippen LogP contribution in [0.2, 0.25) is 0 Å². The lowest BCUT2D eigenvalue weighted by Crippen LogP contribution is -2.53. The lowest BCUT2D eigenvalue weighted by molar-refractivity contribution is -0.134. The van der Waals surface area contributed by atoms with Gasteiger partial charge in [0.15, 0.2) is 11.6 Å². The summed E-state index contributed by atoms with van der Waals surface area (Å²) in [4.78, 5) is 24.6. The molecule has 1 aliphatic carbocycles. The Hall–Kier alpha value is -3.49. The van der Waals surface area contributed by atoms with Gasteiger partial charge < -0.3 is 20.4 Å². The van der Waals surface area contributed by atoms with Crippen molar-refractivity contribution >= 4 is 16.9 Å². The van der Waals surface area contributed by atoms with Crippen molar-refractivity contribution in [2.75, 3.05) is 32.7 Å². The van der Waals surface area contributed by atoms with E-state index in [-0.39, 0.29) is 23.5 Å². The van der Waals surface area contributed by atoms with Crippen molar-refractivity contribution in [2.24, 2.45) is 11.1 Å². The summed E-state index contributed by atoms with van der Waals surface area (Å²) in [5, 5.41) is 0.819. The van der Waals surface area contributed by atoms with E-state index in [1.807, 2.05) is 18.0 Å². The average molecular weight is 518 g/mol. The molecule has 0 bridgehead atoms. The van der Waals surface area contributed by atoms with Gasteiger partial charge in [0.2, 0.25) is 5.91 Å². The van der Waals surface area contributed by atoms with E-state index in [9.17, 15) is 9.18 Å². The molecule has 2 aromatic heterocycles. The number of ether oxygens (including phenoxy) is 1. The number of halogens is 1. The van der Waals surface area contributed by atoms with E-state index in [1.54, 1.807) is 24.4 Å². The third kappa shape index (κ3) is 5.81. The molecule has 1 fully saturated rings. The lowest BCUT2D eigenvalue weighted by Gasteiger charge is -2.37. The number of hydrogen-bond acceptors (Lipinski definition) is 5. The Balaban J connectivity index is 1.15. The molecule has 1 amide bonds. The molecule has 0 saturated carbocycles. The quantitative estimate of drug-likeness (QED) is 0.473. The highest BCUT2D eigenvalue weighted by Crippen LogP contribution is 2.33. The first kappa shape index (κ1) is 26.1. The van der Waals surface area contributed by atoms with E-state index < -0.39 is 11.9 Å². The van der Waals surface area contributed by atoms with Crippen molar-refractivity contribution < 1.29 is 13.9 Å².